The smallest absolute Gasteiger partial charge is 0.303 e. The molecule has 2 aromatic carbocycles. The van der Waals surface area contributed by atoms with Crippen LogP contribution in [0.2, 0.25) is 0 Å². The van der Waals surface area contributed by atoms with Crippen molar-refractivity contribution in [3.05, 3.63) is 65.9 Å². The molecule has 164 valence electrons. The monoisotopic (exact) mass is 470 g/mol. The van der Waals surface area contributed by atoms with E-state index in [1.54, 1.807) is 30.3 Å². The Morgan fingerprint density at radius 1 is 1.19 bits per heavy atom. The van der Waals surface area contributed by atoms with Crippen molar-refractivity contribution in [3.63, 3.8) is 0 Å². The lowest BCUT2D eigenvalue weighted by atomic mass is 10.1. The minimum atomic E-state index is -4.58. The maximum absolute atomic E-state index is 14.6. The number of aliphatic imine (C=N–C) groups is 1. The normalized spacial score (nSPS) is 19.7. The van der Waals surface area contributed by atoms with Crippen LogP contribution in [0.3, 0.4) is 0 Å². The summed E-state index contributed by atoms with van der Waals surface area (Å²) >= 11 is 0. The van der Waals surface area contributed by atoms with E-state index in [1.807, 2.05) is 0 Å². The number of fused-ring (bicyclic) bond motifs is 1. The number of para-hydroxylation sites is 1. The van der Waals surface area contributed by atoms with E-state index in [4.69, 9.17) is 5.14 Å². The van der Waals surface area contributed by atoms with Crippen LogP contribution in [0.25, 0.3) is 0 Å². The third-order valence-electron chi connectivity index (χ3n) is 4.41. The highest BCUT2D eigenvalue weighted by Crippen LogP contribution is 2.33. The number of hydrogen-bond donors (Lipinski definition) is 4. The van der Waals surface area contributed by atoms with Crippen LogP contribution in [-0.4, -0.2) is 33.3 Å². The lowest BCUT2D eigenvalue weighted by Crippen LogP contribution is -2.55. The van der Waals surface area contributed by atoms with Gasteiger partial charge in [-0.3, -0.25) is 4.72 Å². The number of anilines is 3. The zero-order chi connectivity index (χ0) is 22.4. The summed E-state index contributed by atoms with van der Waals surface area (Å²) in [6.07, 6.45) is -1.01. The van der Waals surface area contributed by atoms with Gasteiger partial charge in [-0.25, -0.2) is 27.3 Å². The van der Waals surface area contributed by atoms with Gasteiger partial charge in [0.2, 0.25) is 16.0 Å². The highest BCUT2D eigenvalue weighted by atomic mass is 32.2. The van der Waals surface area contributed by atoms with Gasteiger partial charge in [-0.2, -0.15) is 12.7 Å². The molecule has 2 aliphatic heterocycles. The van der Waals surface area contributed by atoms with Gasteiger partial charge in [0.25, 0.3) is 0 Å². The Balaban J connectivity index is 1.69. The molecule has 0 saturated heterocycles. The second-order valence-electron chi connectivity index (χ2n) is 6.70. The summed E-state index contributed by atoms with van der Waals surface area (Å²) in [4.78, 5) is 3.75. The van der Waals surface area contributed by atoms with Gasteiger partial charge in [0, 0.05) is 5.69 Å². The summed E-state index contributed by atoms with van der Waals surface area (Å²) in [5.41, 5.74) is 0.399. The molecule has 0 aromatic heterocycles. The van der Waals surface area contributed by atoms with E-state index in [0.29, 0.717) is 9.99 Å². The highest BCUT2D eigenvalue weighted by molar-refractivity contribution is 7.92. The molecule has 10 nitrogen and oxygen atoms in total. The molecule has 5 N–H and O–H groups in total. The van der Waals surface area contributed by atoms with Crippen molar-refractivity contribution in [1.29, 1.82) is 0 Å². The molecule has 0 fully saturated rings. The average Bonchev–Trinajstić information content (AvgIpc) is 2.97. The minimum Gasteiger partial charge on any atom is -0.356 e. The zero-order valence-electron chi connectivity index (χ0n) is 15.6. The second kappa shape index (κ2) is 7.47. The molecular weight excluding hydrogens is 454 g/mol. The van der Waals surface area contributed by atoms with Crippen molar-refractivity contribution in [1.82, 2.24) is 4.31 Å². The molecule has 2 heterocycles. The van der Waals surface area contributed by atoms with Crippen LogP contribution in [0.15, 0.2) is 59.5 Å². The molecule has 4 rings (SSSR count). The van der Waals surface area contributed by atoms with Crippen LogP contribution >= 0.6 is 0 Å². The van der Waals surface area contributed by atoms with Gasteiger partial charge in [0.15, 0.2) is 12.0 Å². The number of nitrogens with zero attached hydrogens (tertiary/aromatic N) is 2. The van der Waals surface area contributed by atoms with E-state index in [0.717, 1.165) is 18.3 Å². The van der Waals surface area contributed by atoms with Crippen LogP contribution in [0.1, 0.15) is 5.56 Å². The average molecular weight is 470 g/mol. The first-order valence-electron chi connectivity index (χ1n) is 8.70. The van der Waals surface area contributed by atoms with Crippen molar-refractivity contribution in [3.8, 4) is 0 Å². The molecule has 2 aliphatic rings. The maximum atomic E-state index is 14.6. The van der Waals surface area contributed by atoms with Crippen molar-refractivity contribution in [2.24, 2.45) is 10.1 Å². The number of sulfonamides is 1. The fourth-order valence-corrected chi connectivity index (χ4v) is 5.14. The fraction of sp³-hybridized carbons (Fsp3) is 0.118. The maximum Gasteiger partial charge on any atom is 0.303 e. The largest absolute Gasteiger partial charge is 0.356 e. The van der Waals surface area contributed by atoms with Crippen molar-refractivity contribution in [2.75, 3.05) is 15.4 Å². The van der Waals surface area contributed by atoms with Gasteiger partial charge in [-0.1, -0.05) is 18.2 Å². The molecule has 0 radical (unpaired) electrons. The highest BCUT2D eigenvalue weighted by Gasteiger charge is 2.37. The molecule has 0 aliphatic carbocycles. The van der Waals surface area contributed by atoms with E-state index in [2.05, 4.69) is 20.3 Å². The number of rotatable bonds is 4. The lowest BCUT2D eigenvalue weighted by molar-refractivity contribution is 0.420. The minimum absolute atomic E-state index is 0.0996. The van der Waals surface area contributed by atoms with Gasteiger partial charge in [-0.05, 0) is 29.8 Å². The SMILES string of the molecule is NS(=O)(=O)N1C(Nc2ccccc2)=NC=C(F)C1Nc1cc2c(cc1F)CS(=O)(=O)N2. The summed E-state index contributed by atoms with van der Waals surface area (Å²) in [5.74, 6) is -2.69. The summed E-state index contributed by atoms with van der Waals surface area (Å²) in [6, 6.07) is 10.4. The number of benzene rings is 2. The molecule has 2 aromatic rings. The molecule has 0 bridgehead atoms. The second-order valence-corrected chi connectivity index (χ2v) is 9.84. The first-order chi connectivity index (χ1) is 14.5. The third-order valence-corrected chi connectivity index (χ3v) is 6.57. The fourth-order valence-electron chi connectivity index (χ4n) is 3.11. The van der Waals surface area contributed by atoms with Crippen molar-refractivity contribution >= 4 is 43.3 Å². The topological polar surface area (TPSA) is 146 Å². The lowest BCUT2D eigenvalue weighted by Gasteiger charge is -2.33. The van der Waals surface area contributed by atoms with E-state index in [1.165, 1.54) is 0 Å². The van der Waals surface area contributed by atoms with Gasteiger partial charge in [-0.15, -0.1) is 0 Å². The molecule has 0 saturated carbocycles. The molecular formula is C17H16F2N6O4S2. The predicted molar refractivity (Wildman–Crippen MR) is 112 cm³/mol. The summed E-state index contributed by atoms with van der Waals surface area (Å²) in [6.45, 7) is 0. The zero-order valence-corrected chi connectivity index (χ0v) is 17.2. The molecule has 0 amide bonds. The Morgan fingerprint density at radius 3 is 2.58 bits per heavy atom. The molecule has 1 atom stereocenters. The van der Waals surface area contributed by atoms with Gasteiger partial charge in [0.05, 0.1) is 23.3 Å². The third kappa shape index (κ3) is 4.30. The van der Waals surface area contributed by atoms with E-state index in [-0.39, 0.29) is 22.9 Å². The van der Waals surface area contributed by atoms with Crippen LogP contribution in [-0.2, 0) is 26.0 Å². The van der Waals surface area contributed by atoms with Crippen LogP contribution in [0, 0.1) is 5.82 Å². The summed E-state index contributed by atoms with van der Waals surface area (Å²) in [5, 5.41) is 10.4. The van der Waals surface area contributed by atoms with Gasteiger partial charge >= 0.3 is 10.2 Å². The standard InChI is InChI=1S/C17H16F2N6O4S2/c18-12-6-10-9-30(26,27)24-14(10)7-15(12)23-16-13(19)8-21-17(25(16)31(20,28)29)22-11-4-2-1-3-5-11/h1-8,16,23-24H,9H2,(H,21,22)(H2,20,28,29). The number of nitrogens with two attached hydrogens (primary N) is 1. The predicted octanol–water partition coefficient (Wildman–Crippen LogP) is 1.62. The Hall–Kier alpha value is -3.23. The van der Waals surface area contributed by atoms with E-state index in [9.17, 15) is 25.6 Å². The Kier molecular flexibility index (Phi) is 5.07. The molecule has 31 heavy (non-hydrogen) atoms. The van der Waals surface area contributed by atoms with E-state index < -0.39 is 43.8 Å². The van der Waals surface area contributed by atoms with Crippen LogP contribution in [0.5, 0.6) is 0 Å². The Labute approximate surface area is 176 Å². The number of nitrogens with one attached hydrogen (secondary N) is 3. The molecule has 14 heteroatoms. The summed E-state index contributed by atoms with van der Waals surface area (Å²) in [7, 11) is -8.22. The number of hydrogen-bond acceptors (Lipinski definition) is 7. The van der Waals surface area contributed by atoms with Gasteiger partial charge < -0.3 is 10.6 Å². The number of halogens is 2. The molecule has 1 unspecified atom stereocenters. The molecule has 0 spiro atoms. The Bertz CT molecular complexity index is 1310. The quantitative estimate of drug-likeness (QED) is 0.534. The number of guanidine groups is 1. The van der Waals surface area contributed by atoms with Gasteiger partial charge in [0.1, 0.15) is 5.82 Å². The van der Waals surface area contributed by atoms with E-state index >= 15 is 0 Å². The van der Waals surface area contributed by atoms with Crippen LogP contribution in [0.4, 0.5) is 25.8 Å². The Morgan fingerprint density at radius 2 is 1.90 bits per heavy atom. The van der Waals surface area contributed by atoms with Crippen LogP contribution < -0.4 is 20.5 Å². The first kappa shape index (κ1) is 21.0. The first-order valence-corrected chi connectivity index (χ1v) is 11.9. The summed E-state index contributed by atoms with van der Waals surface area (Å²) < 4.78 is 79.8. The van der Waals surface area contributed by atoms with Crippen molar-refractivity contribution in [2.45, 2.75) is 11.9 Å². The van der Waals surface area contributed by atoms with Crippen molar-refractivity contribution < 1.29 is 25.6 Å².